The summed E-state index contributed by atoms with van der Waals surface area (Å²) >= 11 is 0. The van der Waals surface area contributed by atoms with E-state index in [2.05, 4.69) is 4.98 Å². The highest BCUT2D eigenvalue weighted by Crippen LogP contribution is 2.33. The normalized spacial score (nSPS) is 14.9. The molecule has 0 unspecified atom stereocenters. The Kier molecular flexibility index (Phi) is 3.96. The highest BCUT2D eigenvalue weighted by Gasteiger charge is 2.28. The van der Waals surface area contributed by atoms with Crippen LogP contribution in [0.25, 0.3) is 11.1 Å². The third kappa shape index (κ3) is 2.94. The molecular weight excluding hydrogens is 333 g/mol. The van der Waals surface area contributed by atoms with E-state index in [4.69, 9.17) is 4.74 Å². The molecule has 2 heterocycles. The second-order valence-corrected chi connectivity index (χ2v) is 7.58. The summed E-state index contributed by atoms with van der Waals surface area (Å²) in [5.74, 6) is -1.37. The van der Waals surface area contributed by atoms with Gasteiger partial charge in [0.25, 0.3) is 0 Å². The third-order valence-electron chi connectivity index (χ3n) is 3.70. The molecule has 24 heavy (non-hydrogen) atoms. The average molecular weight is 347 g/mol. The Morgan fingerprint density at radius 2 is 1.92 bits per heavy atom. The van der Waals surface area contributed by atoms with Gasteiger partial charge in [0.05, 0.1) is 5.57 Å². The van der Waals surface area contributed by atoms with E-state index in [-0.39, 0.29) is 11.5 Å². The molecular formula is C17H14FNO4S. The fraction of sp³-hybridized carbons (Fsp3) is 0.176. The van der Waals surface area contributed by atoms with Crippen molar-refractivity contribution in [1.29, 1.82) is 0 Å². The van der Waals surface area contributed by atoms with Crippen molar-refractivity contribution in [2.75, 3.05) is 12.9 Å². The largest absolute Gasteiger partial charge is 0.457 e. The van der Waals surface area contributed by atoms with Crippen LogP contribution in [-0.2, 0) is 19.4 Å². The van der Waals surface area contributed by atoms with Gasteiger partial charge in [-0.15, -0.1) is 0 Å². The van der Waals surface area contributed by atoms with Gasteiger partial charge in [0, 0.05) is 29.8 Å². The molecule has 0 saturated carbocycles. The standard InChI is InChI=1S/C17H14FNO4S/c1-10-5-12(8-19-7-10)16-13(9-23-17(16)20)11-3-4-15(14(18)6-11)24(2,21)22/h3-8H,9H2,1-2H3. The van der Waals surface area contributed by atoms with Crippen LogP contribution < -0.4 is 0 Å². The van der Waals surface area contributed by atoms with Gasteiger partial charge in [0.1, 0.15) is 17.3 Å². The first kappa shape index (κ1) is 16.3. The van der Waals surface area contributed by atoms with Gasteiger partial charge in [-0.2, -0.15) is 0 Å². The van der Waals surface area contributed by atoms with Crippen LogP contribution in [0.4, 0.5) is 4.39 Å². The van der Waals surface area contributed by atoms with Crippen LogP contribution in [0.2, 0.25) is 0 Å². The van der Waals surface area contributed by atoms with Crippen LogP contribution in [0, 0.1) is 12.7 Å². The van der Waals surface area contributed by atoms with E-state index < -0.39 is 21.6 Å². The fourth-order valence-corrected chi connectivity index (χ4v) is 3.33. The topological polar surface area (TPSA) is 73.3 Å². The number of benzene rings is 1. The molecule has 3 rings (SSSR count). The van der Waals surface area contributed by atoms with Gasteiger partial charge in [-0.3, -0.25) is 4.98 Å². The molecule has 5 nitrogen and oxygen atoms in total. The molecule has 7 heteroatoms. The number of aromatic nitrogens is 1. The van der Waals surface area contributed by atoms with E-state index in [1.165, 1.54) is 18.3 Å². The van der Waals surface area contributed by atoms with Crippen molar-refractivity contribution in [3.05, 3.63) is 59.2 Å². The van der Waals surface area contributed by atoms with E-state index in [0.29, 0.717) is 22.3 Å². The Hall–Kier alpha value is -2.54. The molecule has 1 aromatic carbocycles. The van der Waals surface area contributed by atoms with Gasteiger partial charge in [0.15, 0.2) is 9.84 Å². The molecule has 0 fully saturated rings. The summed E-state index contributed by atoms with van der Waals surface area (Å²) in [5.41, 5.74) is 2.68. The molecule has 0 atom stereocenters. The van der Waals surface area contributed by atoms with Crippen LogP contribution in [0.5, 0.6) is 0 Å². The molecule has 1 aliphatic heterocycles. The molecule has 0 bridgehead atoms. The number of hydrogen-bond acceptors (Lipinski definition) is 5. The summed E-state index contributed by atoms with van der Waals surface area (Å²) in [4.78, 5) is 15.8. The van der Waals surface area contributed by atoms with E-state index in [9.17, 15) is 17.6 Å². The maximum Gasteiger partial charge on any atom is 0.339 e. The van der Waals surface area contributed by atoms with Crippen LogP contribution in [0.3, 0.4) is 0 Å². The first-order valence-corrected chi connectivity index (χ1v) is 8.99. The van der Waals surface area contributed by atoms with E-state index in [1.807, 2.05) is 6.92 Å². The Morgan fingerprint density at radius 3 is 2.54 bits per heavy atom. The predicted octanol–water partition coefficient (Wildman–Crippen LogP) is 2.40. The highest BCUT2D eigenvalue weighted by molar-refractivity contribution is 7.90. The van der Waals surface area contributed by atoms with Gasteiger partial charge in [-0.25, -0.2) is 17.6 Å². The lowest BCUT2D eigenvalue weighted by molar-refractivity contribution is -0.133. The van der Waals surface area contributed by atoms with Gasteiger partial charge >= 0.3 is 5.97 Å². The maximum absolute atomic E-state index is 14.2. The Bertz CT molecular complexity index is 980. The summed E-state index contributed by atoms with van der Waals surface area (Å²) in [6.45, 7) is 1.84. The summed E-state index contributed by atoms with van der Waals surface area (Å²) in [6.07, 6.45) is 4.14. The first-order chi connectivity index (χ1) is 11.3. The van der Waals surface area contributed by atoms with E-state index >= 15 is 0 Å². The number of esters is 1. The third-order valence-corrected chi connectivity index (χ3v) is 4.83. The predicted molar refractivity (Wildman–Crippen MR) is 86.3 cm³/mol. The van der Waals surface area contributed by atoms with Gasteiger partial charge in [-0.1, -0.05) is 6.07 Å². The quantitative estimate of drug-likeness (QED) is 0.797. The average Bonchev–Trinajstić information content (AvgIpc) is 2.87. The molecule has 0 radical (unpaired) electrons. The summed E-state index contributed by atoms with van der Waals surface area (Å²) < 4.78 is 42.3. The SMILES string of the molecule is Cc1cncc(C2=C(c3ccc(S(C)(=O)=O)c(F)c3)COC2=O)c1. The number of carbonyl (C=O) groups is 1. The lowest BCUT2D eigenvalue weighted by atomic mass is 9.97. The minimum atomic E-state index is -3.66. The second-order valence-electron chi connectivity index (χ2n) is 5.60. The molecule has 0 amide bonds. The molecule has 0 saturated heterocycles. The van der Waals surface area contributed by atoms with Crippen molar-refractivity contribution in [2.45, 2.75) is 11.8 Å². The number of sulfone groups is 1. The molecule has 1 aromatic heterocycles. The molecule has 0 aliphatic carbocycles. The Labute approximate surface area is 138 Å². The van der Waals surface area contributed by atoms with Gasteiger partial charge in [-0.05, 0) is 36.2 Å². The van der Waals surface area contributed by atoms with Crippen molar-refractivity contribution >= 4 is 27.0 Å². The lowest BCUT2D eigenvalue weighted by Crippen LogP contribution is -2.02. The minimum Gasteiger partial charge on any atom is -0.457 e. The number of halogens is 1. The molecule has 124 valence electrons. The van der Waals surface area contributed by atoms with E-state index in [0.717, 1.165) is 17.9 Å². The monoisotopic (exact) mass is 347 g/mol. The zero-order valence-corrected chi connectivity index (χ0v) is 13.9. The minimum absolute atomic E-state index is 0.000228. The second kappa shape index (κ2) is 5.83. The van der Waals surface area contributed by atoms with Crippen molar-refractivity contribution in [3.8, 4) is 0 Å². The molecule has 1 aliphatic rings. The Balaban J connectivity index is 2.16. The van der Waals surface area contributed by atoms with Crippen LogP contribution in [0.15, 0.2) is 41.6 Å². The molecule has 0 spiro atoms. The van der Waals surface area contributed by atoms with Crippen LogP contribution in [0.1, 0.15) is 16.7 Å². The number of cyclic esters (lactones) is 1. The van der Waals surface area contributed by atoms with E-state index in [1.54, 1.807) is 12.3 Å². The van der Waals surface area contributed by atoms with Gasteiger partial charge < -0.3 is 4.74 Å². The number of carbonyl (C=O) groups excluding carboxylic acids is 1. The maximum atomic E-state index is 14.2. The Morgan fingerprint density at radius 1 is 1.17 bits per heavy atom. The molecule has 2 aromatic rings. The number of pyridine rings is 1. The lowest BCUT2D eigenvalue weighted by Gasteiger charge is -2.07. The van der Waals surface area contributed by atoms with Crippen molar-refractivity contribution in [2.24, 2.45) is 0 Å². The fourth-order valence-electron chi connectivity index (χ4n) is 2.61. The van der Waals surface area contributed by atoms with Crippen LogP contribution in [-0.4, -0.2) is 32.2 Å². The number of aryl methyl sites for hydroxylation is 1. The summed E-state index contributed by atoms with van der Waals surface area (Å²) in [5, 5.41) is 0. The molecule has 0 N–H and O–H groups in total. The van der Waals surface area contributed by atoms with Gasteiger partial charge in [0.2, 0.25) is 0 Å². The first-order valence-electron chi connectivity index (χ1n) is 7.09. The zero-order valence-electron chi connectivity index (χ0n) is 13.0. The number of ether oxygens (including phenoxy) is 1. The summed E-state index contributed by atoms with van der Waals surface area (Å²) in [7, 11) is -3.66. The summed E-state index contributed by atoms with van der Waals surface area (Å²) in [6, 6.07) is 5.56. The zero-order chi connectivity index (χ0) is 17.5. The highest BCUT2D eigenvalue weighted by atomic mass is 32.2. The van der Waals surface area contributed by atoms with Crippen molar-refractivity contribution < 1.29 is 22.3 Å². The van der Waals surface area contributed by atoms with Crippen LogP contribution >= 0.6 is 0 Å². The van der Waals surface area contributed by atoms with Crippen molar-refractivity contribution in [3.63, 3.8) is 0 Å². The number of nitrogens with zero attached hydrogens (tertiary/aromatic N) is 1. The van der Waals surface area contributed by atoms with Crippen molar-refractivity contribution in [1.82, 2.24) is 4.98 Å². The number of rotatable bonds is 3. The number of hydrogen-bond donors (Lipinski definition) is 0. The smallest absolute Gasteiger partial charge is 0.339 e.